The first-order chi connectivity index (χ1) is 9.93. The van der Waals surface area contributed by atoms with Crippen molar-refractivity contribution in [2.45, 2.75) is 59.6 Å². The number of hydrogen-bond donors (Lipinski definition) is 3. The summed E-state index contributed by atoms with van der Waals surface area (Å²) < 4.78 is 5.78. The second-order valence-electron chi connectivity index (χ2n) is 6.16. The molecular formula is C15H27N5O. The van der Waals surface area contributed by atoms with Gasteiger partial charge < -0.3 is 15.5 Å². The van der Waals surface area contributed by atoms with Crippen LogP contribution in [-0.2, 0) is 11.2 Å². The van der Waals surface area contributed by atoms with E-state index in [0.717, 1.165) is 36.7 Å². The highest BCUT2D eigenvalue weighted by Crippen LogP contribution is 2.44. The summed E-state index contributed by atoms with van der Waals surface area (Å²) in [6, 6.07) is 0.345. The molecule has 0 bridgehead atoms. The van der Waals surface area contributed by atoms with E-state index in [1.54, 1.807) is 0 Å². The summed E-state index contributed by atoms with van der Waals surface area (Å²) >= 11 is 0. The number of aromatic nitrogens is 2. The number of aryl methyl sites for hydroxylation is 1. The number of rotatable bonds is 6. The summed E-state index contributed by atoms with van der Waals surface area (Å²) in [6.07, 6.45) is 2.08. The van der Waals surface area contributed by atoms with Crippen molar-refractivity contribution in [1.29, 1.82) is 0 Å². The van der Waals surface area contributed by atoms with Crippen LogP contribution in [0.15, 0.2) is 0 Å². The van der Waals surface area contributed by atoms with E-state index in [1.807, 2.05) is 20.8 Å². The summed E-state index contributed by atoms with van der Waals surface area (Å²) in [5.74, 6) is 7.88. The summed E-state index contributed by atoms with van der Waals surface area (Å²) in [7, 11) is 0. The summed E-state index contributed by atoms with van der Waals surface area (Å²) in [4.78, 5) is 8.99. The van der Waals surface area contributed by atoms with Gasteiger partial charge in [0.1, 0.15) is 17.5 Å². The molecule has 6 heteroatoms. The molecule has 1 aromatic heterocycles. The lowest BCUT2D eigenvalue weighted by Gasteiger charge is -2.52. The predicted octanol–water partition coefficient (Wildman–Crippen LogP) is 2.25. The van der Waals surface area contributed by atoms with E-state index < -0.39 is 0 Å². The van der Waals surface area contributed by atoms with E-state index in [9.17, 15) is 0 Å². The third-order valence-corrected chi connectivity index (χ3v) is 4.50. The van der Waals surface area contributed by atoms with Crippen molar-refractivity contribution in [3.63, 3.8) is 0 Å². The highest BCUT2D eigenvalue weighted by atomic mass is 16.5. The first-order valence-electron chi connectivity index (χ1n) is 7.66. The summed E-state index contributed by atoms with van der Waals surface area (Å²) in [5.41, 5.74) is 3.70. The average Bonchev–Trinajstić information content (AvgIpc) is 2.47. The van der Waals surface area contributed by atoms with Crippen LogP contribution in [0, 0.1) is 12.3 Å². The van der Waals surface area contributed by atoms with Crippen molar-refractivity contribution in [1.82, 2.24) is 9.97 Å². The second kappa shape index (κ2) is 6.15. The molecule has 2 atom stereocenters. The van der Waals surface area contributed by atoms with Crippen LogP contribution in [-0.4, -0.2) is 28.7 Å². The predicted molar refractivity (Wildman–Crippen MR) is 85.2 cm³/mol. The maximum Gasteiger partial charge on any atom is 0.148 e. The molecule has 6 nitrogen and oxygen atoms in total. The largest absolute Gasteiger partial charge is 0.378 e. The van der Waals surface area contributed by atoms with E-state index in [0.29, 0.717) is 18.0 Å². The van der Waals surface area contributed by atoms with Crippen molar-refractivity contribution in [2.24, 2.45) is 11.3 Å². The molecule has 1 aromatic rings. The summed E-state index contributed by atoms with van der Waals surface area (Å²) in [5, 5.41) is 3.55. The molecule has 0 aliphatic heterocycles. The van der Waals surface area contributed by atoms with Gasteiger partial charge in [-0.1, -0.05) is 20.8 Å². The third kappa shape index (κ3) is 2.96. The van der Waals surface area contributed by atoms with E-state index >= 15 is 0 Å². The molecule has 4 N–H and O–H groups in total. The molecule has 1 fully saturated rings. The Balaban J connectivity index is 2.17. The number of nitrogens with two attached hydrogens (primary N) is 1. The van der Waals surface area contributed by atoms with Crippen LogP contribution in [0.1, 0.15) is 45.5 Å². The molecule has 0 amide bonds. The smallest absolute Gasteiger partial charge is 0.148 e. The fraction of sp³-hybridized carbons (Fsp3) is 0.733. The Morgan fingerprint density at radius 2 is 1.95 bits per heavy atom. The molecule has 0 radical (unpaired) electrons. The molecule has 0 saturated heterocycles. The molecule has 118 valence electrons. The van der Waals surface area contributed by atoms with E-state index in [1.165, 1.54) is 0 Å². The number of nitrogens with zero attached hydrogens (tertiary/aromatic N) is 2. The average molecular weight is 293 g/mol. The Kier molecular flexibility index (Phi) is 4.68. The standard InChI is InChI=1S/C15H27N5O/c1-6-12-18-13(9(3)14(19-12)20-16)17-10-8-11(21-7-2)15(10,4)5/h10-11H,6-8,16H2,1-5H3,(H2,17,18,19,20). The van der Waals surface area contributed by atoms with E-state index in [4.69, 9.17) is 10.6 Å². The van der Waals surface area contributed by atoms with Crippen LogP contribution >= 0.6 is 0 Å². The Hall–Kier alpha value is -1.40. The SMILES string of the molecule is CCOC1CC(Nc2nc(CC)nc(NN)c2C)C1(C)C. The zero-order valence-corrected chi connectivity index (χ0v) is 13.7. The van der Waals surface area contributed by atoms with Gasteiger partial charge in [-0.05, 0) is 20.3 Å². The first-order valence-corrected chi connectivity index (χ1v) is 7.66. The monoisotopic (exact) mass is 293 g/mol. The molecule has 21 heavy (non-hydrogen) atoms. The first kappa shape index (κ1) is 16.0. The Morgan fingerprint density at radius 1 is 1.29 bits per heavy atom. The maximum atomic E-state index is 5.78. The van der Waals surface area contributed by atoms with Gasteiger partial charge in [0.25, 0.3) is 0 Å². The molecule has 0 spiro atoms. The van der Waals surface area contributed by atoms with Crippen molar-refractivity contribution in [3.8, 4) is 0 Å². The van der Waals surface area contributed by atoms with Gasteiger partial charge in [-0.2, -0.15) is 0 Å². The fourth-order valence-corrected chi connectivity index (χ4v) is 2.78. The van der Waals surface area contributed by atoms with Crippen molar-refractivity contribution >= 4 is 11.6 Å². The van der Waals surface area contributed by atoms with Gasteiger partial charge in [0.15, 0.2) is 0 Å². The summed E-state index contributed by atoms with van der Waals surface area (Å²) in [6.45, 7) is 11.3. The van der Waals surface area contributed by atoms with Gasteiger partial charge in [-0.25, -0.2) is 15.8 Å². The number of ether oxygens (including phenoxy) is 1. The molecule has 2 rings (SSSR count). The molecule has 1 aliphatic carbocycles. The fourth-order valence-electron chi connectivity index (χ4n) is 2.78. The van der Waals surface area contributed by atoms with Gasteiger partial charge in [-0.15, -0.1) is 0 Å². The van der Waals surface area contributed by atoms with E-state index in [-0.39, 0.29) is 5.41 Å². The number of hydrazine groups is 1. The minimum Gasteiger partial charge on any atom is -0.378 e. The molecule has 1 heterocycles. The second-order valence-corrected chi connectivity index (χ2v) is 6.16. The minimum absolute atomic E-state index is 0.0933. The van der Waals surface area contributed by atoms with Gasteiger partial charge in [0, 0.05) is 30.0 Å². The Bertz CT molecular complexity index is 503. The lowest BCUT2D eigenvalue weighted by Crippen LogP contribution is -2.58. The van der Waals surface area contributed by atoms with Crippen LogP contribution in [0.5, 0.6) is 0 Å². The van der Waals surface area contributed by atoms with Crippen molar-refractivity contribution < 1.29 is 4.74 Å². The molecular weight excluding hydrogens is 266 g/mol. The number of hydrogen-bond acceptors (Lipinski definition) is 6. The zero-order chi connectivity index (χ0) is 15.6. The highest BCUT2D eigenvalue weighted by molar-refractivity contribution is 5.57. The number of nitrogen functional groups attached to an aromatic ring is 1. The molecule has 2 unspecified atom stereocenters. The van der Waals surface area contributed by atoms with Crippen molar-refractivity contribution in [2.75, 3.05) is 17.3 Å². The van der Waals surface area contributed by atoms with Gasteiger partial charge in [0.05, 0.1) is 6.10 Å². The van der Waals surface area contributed by atoms with Gasteiger partial charge >= 0.3 is 0 Å². The van der Waals surface area contributed by atoms with E-state index in [2.05, 4.69) is 34.6 Å². The lowest BCUT2D eigenvalue weighted by atomic mass is 9.64. The van der Waals surface area contributed by atoms with Gasteiger partial charge in [-0.3, -0.25) is 0 Å². The van der Waals surface area contributed by atoms with Gasteiger partial charge in [0.2, 0.25) is 0 Å². The van der Waals surface area contributed by atoms with Crippen LogP contribution < -0.4 is 16.6 Å². The topological polar surface area (TPSA) is 85.1 Å². The zero-order valence-electron chi connectivity index (χ0n) is 13.7. The molecule has 1 aliphatic rings. The molecule has 0 aromatic carbocycles. The third-order valence-electron chi connectivity index (χ3n) is 4.50. The normalized spacial score (nSPS) is 23.5. The number of nitrogens with one attached hydrogen (secondary N) is 2. The molecule has 1 saturated carbocycles. The highest BCUT2D eigenvalue weighted by Gasteiger charge is 2.49. The van der Waals surface area contributed by atoms with Crippen LogP contribution in [0.4, 0.5) is 11.6 Å². The maximum absolute atomic E-state index is 5.78. The minimum atomic E-state index is 0.0933. The number of anilines is 2. The van der Waals surface area contributed by atoms with Crippen LogP contribution in [0.25, 0.3) is 0 Å². The van der Waals surface area contributed by atoms with Crippen LogP contribution in [0.2, 0.25) is 0 Å². The lowest BCUT2D eigenvalue weighted by molar-refractivity contribution is -0.0976. The van der Waals surface area contributed by atoms with Crippen molar-refractivity contribution in [3.05, 3.63) is 11.4 Å². The quantitative estimate of drug-likeness (QED) is 0.551. The Morgan fingerprint density at radius 3 is 2.48 bits per heavy atom. The van der Waals surface area contributed by atoms with Crippen LogP contribution in [0.3, 0.4) is 0 Å². The Labute approximate surface area is 126 Å².